The molecule has 72 valence electrons. The predicted molar refractivity (Wildman–Crippen MR) is 52.5 cm³/mol. The monoisotopic (exact) mass is 179 g/mol. The van der Waals surface area contributed by atoms with Crippen LogP contribution in [-0.2, 0) is 4.79 Å². The number of rotatable bonds is 2. The van der Waals surface area contributed by atoms with Gasteiger partial charge in [-0.3, -0.25) is 9.69 Å². The van der Waals surface area contributed by atoms with Crippen molar-refractivity contribution in [2.45, 2.75) is 32.2 Å². The molecule has 2 heteroatoms. The highest BCUT2D eigenvalue weighted by Gasteiger charge is 2.36. The van der Waals surface area contributed by atoms with Gasteiger partial charge >= 0.3 is 0 Å². The van der Waals surface area contributed by atoms with Crippen molar-refractivity contribution < 1.29 is 4.79 Å². The smallest absolute Gasteiger partial charge is 0.159 e. The molecule has 2 unspecified atom stereocenters. The fraction of sp³-hybridized carbons (Fsp3) is 0.727. The first-order chi connectivity index (χ1) is 6.22. The van der Waals surface area contributed by atoms with E-state index in [1.807, 2.05) is 6.92 Å². The minimum atomic E-state index is 0.345. The summed E-state index contributed by atoms with van der Waals surface area (Å²) < 4.78 is 0. The highest BCUT2D eigenvalue weighted by Crippen LogP contribution is 2.34. The van der Waals surface area contributed by atoms with Gasteiger partial charge in [-0.15, -0.1) is 0 Å². The van der Waals surface area contributed by atoms with Crippen molar-refractivity contribution in [2.75, 3.05) is 13.6 Å². The molecule has 1 aliphatic heterocycles. The van der Waals surface area contributed by atoms with Gasteiger partial charge in [-0.25, -0.2) is 0 Å². The Labute approximate surface area is 79.6 Å². The molecular formula is C11H17NO. The molecule has 1 aliphatic carbocycles. The topological polar surface area (TPSA) is 20.3 Å². The molecule has 1 fully saturated rings. The van der Waals surface area contributed by atoms with Crippen LogP contribution in [0.5, 0.6) is 0 Å². The SMILES string of the molecule is CCC(=O)C1=CCC2CC1N(C)C2. The van der Waals surface area contributed by atoms with Crippen LogP contribution in [0, 0.1) is 5.92 Å². The average molecular weight is 179 g/mol. The van der Waals surface area contributed by atoms with E-state index in [1.165, 1.54) is 13.0 Å². The van der Waals surface area contributed by atoms with Gasteiger partial charge in [0.25, 0.3) is 0 Å². The number of likely N-dealkylation sites (N-methyl/N-ethyl adjacent to an activating group) is 1. The second-order valence-corrected chi connectivity index (χ2v) is 4.23. The summed E-state index contributed by atoms with van der Waals surface area (Å²) in [5.41, 5.74) is 1.08. The molecule has 2 nitrogen and oxygen atoms in total. The Morgan fingerprint density at radius 2 is 2.46 bits per heavy atom. The molecule has 1 saturated heterocycles. The lowest BCUT2D eigenvalue weighted by Crippen LogP contribution is -2.29. The molecule has 0 saturated carbocycles. The standard InChI is InChI=1S/C11H17NO/c1-3-11(13)9-5-4-8-6-10(9)12(2)7-8/h5,8,10H,3-4,6-7H2,1-2H3. The Bertz CT molecular complexity index is 257. The molecule has 0 spiro atoms. The van der Waals surface area contributed by atoms with Gasteiger partial charge in [0, 0.05) is 24.6 Å². The highest BCUT2D eigenvalue weighted by molar-refractivity contribution is 5.96. The normalized spacial score (nSPS) is 33.2. The van der Waals surface area contributed by atoms with Crippen LogP contribution in [0.15, 0.2) is 11.6 Å². The van der Waals surface area contributed by atoms with Gasteiger partial charge in [0.05, 0.1) is 0 Å². The quantitative estimate of drug-likeness (QED) is 0.642. The van der Waals surface area contributed by atoms with Crippen LogP contribution < -0.4 is 0 Å². The molecule has 13 heavy (non-hydrogen) atoms. The second kappa shape index (κ2) is 3.26. The van der Waals surface area contributed by atoms with Gasteiger partial charge in [-0.05, 0) is 25.8 Å². The third-order valence-corrected chi connectivity index (χ3v) is 3.31. The Balaban J connectivity index is 2.20. The number of nitrogens with zero attached hydrogens (tertiary/aromatic N) is 1. The molecule has 2 aliphatic rings. The average Bonchev–Trinajstić information content (AvgIpc) is 2.42. The lowest BCUT2D eigenvalue weighted by Gasteiger charge is -2.22. The van der Waals surface area contributed by atoms with Crippen LogP contribution in [0.25, 0.3) is 0 Å². The minimum Gasteiger partial charge on any atom is -0.299 e. The summed E-state index contributed by atoms with van der Waals surface area (Å²) in [5, 5.41) is 0. The Hall–Kier alpha value is -0.630. The fourth-order valence-corrected chi connectivity index (χ4v) is 2.57. The second-order valence-electron chi connectivity index (χ2n) is 4.23. The summed E-state index contributed by atoms with van der Waals surface area (Å²) in [5.74, 6) is 1.15. The van der Waals surface area contributed by atoms with E-state index in [2.05, 4.69) is 18.0 Å². The van der Waals surface area contributed by atoms with E-state index in [4.69, 9.17) is 0 Å². The van der Waals surface area contributed by atoms with Gasteiger partial charge in [0.1, 0.15) is 0 Å². The van der Waals surface area contributed by atoms with Crippen LogP contribution in [0.4, 0.5) is 0 Å². The van der Waals surface area contributed by atoms with Crippen molar-refractivity contribution in [2.24, 2.45) is 5.92 Å². The van der Waals surface area contributed by atoms with Crippen LogP contribution in [0.3, 0.4) is 0 Å². The zero-order chi connectivity index (χ0) is 9.42. The Morgan fingerprint density at radius 3 is 3.15 bits per heavy atom. The van der Waals surface area contributed by atoms with E-state index >= 15 is 0 Å². The van der Waals surface area contributed by atoms with Gasteiger partial charge in [-0.1, -0.05) is 13.0 Å². The van der Waals surface area contributed by atoms with Crippen LogP contribution in [0.2, 0.25) is 0 Å². The number of allylic oxidation sites excluding steroid dienone is 1. The number of likely N-dealkylation sites (tertiary alicyclic amines) is 1. The fourth-order valence-electron chi connectivity index (χ4n) is 2.57. The third kappa shape index (κ3) is 1.44. The number of Topliss-reactive ketones (excluding diaryl/α,β-unsaturated/α-hetero) is 1. The Morgan fingerprint density at radius 1 is 1.69 bits per heavy atom. The number of hydrogen-bond acceptors (Lipinski definition) is 2. The molecule has 0 radical (unpaired) electrons. The molecule has 2 atom stereocenters. The molecule has 2 bridgehead atoms. The Kier molecular flexibility index (Phi) is 2.24. The highest BCUT2D eigenvalue weighted by atomic mass is 16.1. The summed E-state index contributed by atoms with van der Waals surface area (Å²) in [6, 6.07) is 0.436. The summed E-state index contributed by atoms with van der Waals surface area (Å²) >= 11 is 0. The third-order valence-electron chi connectivity index (χ3n) is 3.31. The maximum atomic E-state index is 11.6. The summed E-state index contributed by atoms with van der Waals surface area (Å²) in [6.07, 6.45) is 5.14. The number of carbonyl (C=O) groups is 1. The number of fused-ring (bicyclic) bond motifs is 2. The van der Waals surface area contributed by atoms with E-state index in [1.54, 1.807) is 0 Å². The molecule has 1 heterocycles. The molecule has 0 N–H and O–H groups in total. The van der Waals surface area contributed by atoms with Gasteiger partial charge in [-0.2, -0.15) is 0 Å². The van der Waals surface area contributed by atoms with Gasteiger partial charge < -0.3 is 0 Å². The van der Waals surface area contributed by atoms with E-state index in [0.29, 0.717) is 18.2 Å². The summed E-state index contributed by atoms with van der Waals surface area (Å²) in [6.45, 7) is 3.12. The van der Waals surface area contributed by atoms with Crippen LogP contribution >= 0.6 is 0 Å². The zero-order valence-corrected chi connectivity index (χ0v) is 8.42. The first kappa shape index (κ1) is 8.95. The molecule has 0 aromatic rings. The number of hydrogen-bond donors (Lipinski definition) is 0. The van der Waals surface area contributed by atoms with E-state index in [9.17, 15) is 4.79 Å². The number of ketones is 1. The van der Waals surface area contributed by atoms with E-state index in [0.717, 1.165) is 17.9 Å². The molecule has 0 aromatic carbocycles. The summed E-state index contributed by atoms with van der Waals surface area (Å²) in [4.78, 5) is 13.9. The van der Waals surface area contributed by atoms with E-state index < -0.39 is 0 Å². The number of carbonyl (C=O) groups excluding carboxylic acids is 1. The van der Waals surface area contributed by atoms with Crippen molar-refractivity contribution in [3.05, 3.63) is 11.6 Å². The maximum absolute atomic E-state index is 11.6. The van der Waals surface area contributed by atoms with Gasteiger partial charge in [0.15, 0.2) is 5.78 Å². The molecule has 0 aromatic heterocycles. The molecule has 2 rings (SSSR count). The summed E-state index contributed by atoms with van der Waals surface area (Å²) in [7, 11) is 2.13. The first-order valence-corrected chi connectivity index (χ1v) is 5.16. The van der Waals surface area contributed by atoms with Gasteiger partial charge in [0.2, 0.25) is 0 Å². The minimum absolute atomic E-state index is 0.345. The van der Waals surface area contributed by atoms with Crippen LogP contribution in [-0.4, -0.2) is 30.3 Å². The first-order valence-electron chi connectivity index (χ1n) is 5.16. The maximum Gasteiger partial charge on any atom is 0.159 e. The van der Waals surface area contributed by atoms with Crippen molar-refractivity contribution in [1.29, 1.82) is 0 Å². The zero-order valence-electron chi connectivity index (χ0n) is 8.42. The van der Waals surface area contributed by atoms with Crippen molar-refractivity contribution in [3.8, 4) is 0 Å². The van der Waals surface area contributed by atoms with E-state index in [-0.39, 0.29) is 0 Å². The molecule has 0 amide bonds. The van der Waals surface area contributed by atoms with Crippen molar-refractivity contribution in [3.63, 3.8) is 0 Å². The predicted octanol–water partition coefficient (Wildman–Crippen LogP) is 1.62. The van der Waals surface area contributed by atoms with Crippen LogP contribution in [0.1, 0.15) is 26.2 Å². The van der Waals surface area contributed by atoms with Crippen molar-refractivity contribution >= 4 is 5.78 Å². The lowest BCUT2D eigenvalue weighted by atomic mass is 9.88. The lowest BCUT2D eigenvalue weighted by molar-refractivity contribution is -0.115. The van der Waals surface area contributed by atoms with Crippen molar-refractivity contribution in [1.82, 2.24) is 4.90 Å². The largest absolute Gasteiger partial charge is 0.299 e. The molecular weight excluding hydrogens is 162 g/mol.